The van der Waals surface area contributed by atoms with Crippen LogP contribution in [-0.2, 0) is 11.3 Å². The summed E-state index contributed by atoms with van der Waals surface area (Å²) in [5, 5.41) is 9.12. The Morgan fingerprint density at radius 1 is 1.02 bits per heavy atom. The number of fused-ring (bicyclic) bond motifs is 1. The van der Waals surface area contributed by atoms with Crippen molar-refractivity contribution in [3.63, 3.8) is 0 Å². The Labute approximate surface area is 273 Å². The lowest BCUT2D eigenvalue weighted by Crippen LogP contribution is -2.38. The minimum Gasteiger partial charge on any atom is -0.381 e. The number of alkyl halides is 4. The number of aromatic nitrogens is 2. The molecule has 1 amide bonds. The van der Waals surface area contributed by atoms with E-state index in [1.54, 1.807) is 22.9 Å². The van der Waals surface area contributed by atoms with Crippen molar-refractivity contribution in [2.75, 3.05) is 56.2 Å². The van der Waals surface area contributed by atoms with E-state index in [0.717, 1.165) is 11.0 Å². The van der Waals surface area contributed by atoms with E-state index in [4.69, 9.17) is 15.6 Å². The lowest BCUT2D eigenvalue weighted by atomic mass is 9.96. The van der Waals surface area contributed by atoms with Gasteiger partial charge in [0.25, 0.3) is 5.91 Å². The Morgan fingerprint density at radius 3 is 2.33 bits per heavy atom. The predicted molar refractivity (Wildman–Crippen MR) is 171 cm³/mol. The van der Waals surface area contributed by atoms with Crippen LogP contribution in [0.3, 0.4) is 0 Å². The molecule has 0 radical (unpaired) electrons. The Morgan fingerprint density at radius 2 is 1.69 bits per heavy atom. The van der Waals surface area contributed by atoms with Gasteiger partial charge in [-0.05, 0) is 55.7 Å². The first-order valence-electron chi connectivity index (χ1n) is 15.8. The van der Waals surface area contributed by atoms with Gasteiger partial charge in [-0.2, -0.15) is 22.7 Å². The summed E-state index contributed by atoms with van der Waals surface area (Å²) in [7, 11) is 0. The van der Waals surface area contributed by atoms with Crippen LogP contribution in [0.15, 0.2) is 54.6 Å². The molecule has 8 nitrogen and oxygen atoms in total. The van der Waals surface area contributed by atoms with Gasteiger partial charge in [0.15, 0.2) is 0 Å². The van der Waals surface area contributed by atoms with Crippen LogP contribution in [0.25, 0.3) is 22.2 Å². The van der Waals surface area contributed by atoms with E-state index in [0.29, 0.717) is 71.7 Å². The van der Waals surface area contributed by atoms with E-state index in [-0.39, 0.29) is 31.2 Å². The van der Waals surface area contributed by atoms with Crippen LogP contribution in [0.5, 0.6) is 0 Å². The Hall–Kier alpha value is -4.30. The highest BCUT2D eigenvalue weighted by Crippen LogP contribution is 2.44. The summed E-state index contributed by atoms with van der Waals surface area (Å²) in [5.41, 5.74) is 9.01. The molecule has 0 bridgehead atoms. The standard InChI is InChI=1S/C34H36F6N6O2/c1-2-45(12-11-44-19-33(37,38)34(39,40)20-44)28-8-7-26(32(41)47)30(42-24-9-13-48-14-10-24)29(28)31-25-5-3-4-6-27(25)46(43-31)18-21-15-22(35)17-23(36)16-21/h3-8,15-17,24,42H,2,9-14,18-20H2,1H3,(H2,41,47). The number of hydrogen-bond donors (Lipinski definition) is 2. The molecule has 1 aromatic heterocycles. The maximum Gasteiger partial charge on any atom is 0.323 e. The minimum atomic E-state index is -4.13. The van der Waals surface area contributed by atoms with Crippen molar-refractivity contribution < 1.29 is 35.9 Å². The zero-order chi connectivity index (χ0) is 34.2. The zero-order valence-electron chi connectivity index (χ0n) is 26.3. The van der Waals surface area contributed by atoms with Gasteiger partial charge >= 0.3 is 11.8 Å². The summed E-state index contributed by atoms with van der Waals surface area (Å²) in [6.07, 6.45) is 1.30. The van der Waals surface area contributed by atoms with Crippen molar-refractivity contribution in [3.8, 4) is 11.3 Å². The number of rotatable bonds is 11. The van der Waals surface area contributed by atoms with Gasteiger partial charge in [0.2, 0.25) is 0 Å². The van der Waals surface area contributed by atoms with Crippen LogP contribution in [-0.4, -0.2) is 84.4 Å². The fraction of sp³-hybridized carbons (Fsp3) is 0.412. The molecular formula is C34H36F6N6O2. The fourth-order valence-corrected chi connectivity index (χ4v) is 6.52. The van der Waals surface area contributed by atoms with Gasteiger partial charge in [0, 0.05) is 56.0 Å². The van der Waals surface area contributed by atoms with Crippen molar-refractivity contribution in [1.82, 2.24) is 14.7 Å². The van der Waals surface area contributed by atoms with E-state index < -0.39 is 42.5 Å². The highest BCUT2D eigenvalue weighted by atomic mass is 19.3. The van der Waals surface area contributed by atoms with Crippen LogP contribution in [0.2, 0.25) is 0 Å². The molecule has 3 aromatic carbocycles. The summed E-state index contributed by atoms with van der Waals surface area (Å²) in [6.45, 7) is 1.18. The number of likely N-dealkylation sites (N-methyl/N-ethyl adjacent to an activating group) is 1. The monoisotopic (exact) mass is 674 g/mol. The molecule has 14 heteroatoms. The van der Waals surface area contributed by atoms with Crippen LogP contribution in [0, 0.1) is 11.6 Å². The van der Waals surface area contributed by atoms with E-state index >= 15 is 0 Å². The first-order valence-corrected chi connectivity index (χ1v) is 15.8. The van der Waals surface area contributed by atoms with Crippen LogP contribution in [0.1, 0.15) is 35.7 Å². The molecule has 2 fully saturated rings. The molecule has 2 saturated heterocycles. The third-order valence-corrected chi connectivity index (χ3v) is 8.96. The summed E-state index contributed by atoms with van der Waals surface area (Å²) in [4.78, 5) is 15.8. The highest BCUT2D eigenvalue weighted by molar-refractivity contribution is 6.08. The molecule has 6 rings (SSSR count). The Balaban J connectivity index is 1.49. The summed E-state index contributed by atoms with van der Waals surface area (Å²) < 4.78 is 91.5. The number of anilines is 2. The lowest BCUT2D eigenvalue weighted by molar-refractivity contribution is -0.172. The molecule has 48 heavy (non-hydrogen) atoms. The third-order valence-electron chi connectivity index (χ3n) is 8.96. The van der Waals surface area contributed by atoms with Gasteiger partial charge in [-0.25, -0.2) is 8.78 Å². The topological polar surface area (TPSA) is 88.7 Å². The number of amides is 1. The smallest absolute Gasteiger partial charge is 0.323 e. The number of para-hydroxylation sites is 1. The minimum absolute atomic E-state index is 0.0254. The first-order chi connectivity index (χ1) is 22.9. The average Bonchev–Trinajstić information content (AvgIpc) is 3.48. The van der Waals surface area contributed by atoms with Gasteiger partial charge in [-0.3, -0.25) is 14.4 Å². The molecule has 0 atom stereocenters. The van der Waals surface area contributed by atoms with Crippen LogP contribution < -0.4 is 16.0 Å². The van der Waals surface area contributed by atoms with Gasteiger partial charge < -0.3 is 20.7 Å². The first kappa shape index (κ1) is 33.6. The molecule has 4 aromatic rings. The number of halogens is 6. The molecule has 0 saturated carbocycles. The second kappa shape index (κ2) is 13.3. The number of nitrogens with two attached hydrogens (primary N) is 1. The van der Waals surface area contributed by atoms with E-state index in [2.05, 4.69) is 5.32 Å². The molecule has 0 aliphatic carbocycles. The number of nitrogens with one attached hydrogen (secondary N) is 1. The van der Waals surface area contributed by atoms with Gasteiger partial charge in [-0.15, -0.1) is 0 Å². The summed E-state index contributed by atoms with van der Waals surface area (Å²) in [6, 6.07) is 13.7. The Bertz CT molecular complexity index is 1770. The number of hydrogen-bond acceptors (Lipinski definition) is 6. The number of ether oxygens (including phenoxy) is 1. The number of carbonyl (C=O) groups is 1. The van der Waals surface area contributed by atoms with Crippen molar-refractivity contribution in [3.05, 3.63) is 77.4 Å². The number of nitrogens with zero attached hydrogens (tertiary/aromatic N) is 4. The lowest BCUT2D eigenvalue weighted by Gasteiger charge is -2.31. The second-order valence-electron chi connectivity index (χ2n) is 12.3. The molecule has 0 unspecified atom stereocenters. The second-order valence-corrected chi connectivity index (χ2v) is 12.3. The van der Waals surface area contributed by atoms with Crippen molar-refractivity contribution in [2.24, 2.45) is 5.73 Å². The molecule has 3 N–H and O–H groups in total. The largest absolute Gasteiger partial charge is 0.381 e. The van der Waals surface area contributed by atoms with Gasteiger partial charge in [0.05, 0.1) is 42.0 Å². The molecule has 2 aliphatic heterocycles. The molecule has 256 valence electrons. The van der Waals surface area contributed by atoms with Crippen LogP contribution in [0.4, 0.5) is 37.7 Å². The van der Waals surface area contributed by atoms with Crippen molar-refractivity contribution in [2.45, 2.75) is 44.2 Å². The predicted octanol–water partition coefficient (Wildman–Crippen LogP) is 6.13. The van der Waals surface area contributed by atoms with Crippen LogP contribution >= 0.6 is 0 Å². The Kier molecular flexibility index (Phi) is 9.31. The molecular weight excluding hydrogens is 638 g/mol. The maximum absolute atomic E-state index is 14.1. The number of likely N-dealkylation sites (tertiary alicyclic amines) is 1. The number of carbonyl (C=O) groups excluding carboxylic acids is 1. The fourth-order valence-electron chi connectivity index (χ4n) is 6.52. The number of benzene rings is 3. The number of primary amides is 1. The van der Waals surface area contributed by atoms with Gasteiger partial charge in [0.1, 0.15) is 17.3 Å². The maximum atomic E-state index is 14.1. The van der Waals surface area contributed by atoms with Crippen molar-refractivity contribution >= 4 is 28.2 Å². The molecule has 0 spiro atoms. The summed E-state index contributed by atoms with van der Waals surface area (Å²) in [5.74, 6) is -10.4. The SMILES string of the molecule is CCN(CCN1CC(F)(F)C(F)(F)C1)c1ccc(C(N)=O)c(NC2CCOCC2)c1-c1nn(Cc2cc(F)cc(F)c2)c2ccccc12. The molecule has 3 heterocycles. The molecule has 2 aliphatic rings. The van der Waals surface area contributed by atoms with E-state index in [1.807, 2.05) is 30.0 Å². The summed E-state index contributed by atoms with van der Waals surface area (Å²) >= 11 is 0. The average molecular weight is 675 g/mol. The quantitative estimate of drug-likeness (QED) is 0.186. The van der Waals surface area contributed by atoms with E-state index in [1.165, 1.54) is 12.1 Å². The third kappa shape index (κ3) is 6.68. The van der Waals surface area contributed by atoms with Gasteiger partial charge in [-0.1, -0.05) is 18.2 Å². The van der Waals surface area contributed by atoms with Crippen molar-refractivity contribution in [1.29, 1.82) is 0 Å². The highest BCUT2D eigenvalue weighted by Gasteiger charge is 2.62. The normalized spacial score (nSPS) is 18.0. The zero-order valence-corrected chi connectivity index (χ0v) is 26.3. The van der Waals surface area contributed by atoms with E-state index in [9.17, 15) is 31.1 Å².